The van der Waals surface area contributed by atoms with Gasteiger partial charge in [-0.2, -0.15) is 5.10 Å². The van der Waals surface area contributed by atoms with E-state index < -0.39 is 8.07 Å². The minimum absolute atomic E-state index is 0.00139. The molecule has 0 amide bonds. The topological polar surface area (TPSA) is 53.1 Å². The van der Waals surface area contributed by atoms with E-state index >= 15 is 0 Å². The van der Waals surface area contributed by atoms with Crippen LogP contribution in [0, 0.1) is 0 Å². The van der Waals surface area contributed by atoms with Crippen LogP contribution in [0.2, 0.25) is 25.7 Å². The molecular formula is C22H37N3OSi. The monoisotopic (exact) mass is 387 g/mol. The summed E-state index contributed by atoms with van der Waals surface area (Å²) >= 11 is 0. The van der Waals surface area contributed by atoms with Crippen LogP contribution >= 0.6 is 0 Å². The van der Waals surface area contributed by atoms with Gasteiger partial charge in [0.15, 0.2) is 0 Å². The first-order valence-electron chi connectivity index (χ1n) is 10.3. The minimum atomic E-state index is -1.05. The summed E-state index contributed by atoms with van der Waals surface area (Å²) in [6.07, 6.45) is 7.36. The summed E-state index contributed by atoms with van der Waals surface area (Å²) in [6, 6.07) is 11.8. The Morgan fingerprint density at radius 2 is 1.89 bits per heavy atom. The molecule has 1 aromatic heterocycles. The lowest BCUT2D eigenvalue weighted by atomic mass is 10.00. The third-order valence-corrected chi connectivity index (χ3v) is 6.49. The van der Waals surface area contributed by atoms with Crippen LogP contribution in [-0.2, 0) is 24.3 Å². The van der Waals surface area contributed by atoms with Gasteiger partial charge in [0, 0.05) is 26.9 Å². The van der Waals surface area contributed by atoms with E-state index in [1.165, 1.54) is 17.2 Å². The highest BCUT2D eigenvalue weighted by atomic mass is 28.3. The van der Waals surface area contributed by atoms with Crippen LogP contribution in [0.15, 0.2) is 36.5 Å². The van der Waals surface area contributed by atoms with Crippen molar-refractivity contribution in [1.29, 1.82) is 0 Å². The Labute approximate surface area is 166 Å². The highest BCUT2D eigenvalue weighted by Gasteiger charge is 2.16. The number of hydrogen-bond donors (Lipinski definition) is 1. The molecular weight excluding hydrogens is 350 g/mol. The fourth-order valence-corrected chi connectivity index (χ4v) is 3.92. The van der Waals surface area contributed by atoms with Gasteiger partial charge in [0.2, 0.25) is 0 Å². The second-order valence-electron chi connectivity index (χ2n) is 8.66. The molecule has 0 fully saturated rings. The van der Waals surface area contributed by atoms with Crippen LogP contribution in [0.3, 0.4) is 0 Å². The molecule has 1 aromatic carbocycles. The van der Waals surface area contributed by atoms with Crippen molar-refractivity contribution in [3.05, 3.63) is 53.3 Å². The summed E-state index contributed by atoms with van der Waals surface area (Å²) in [7, 11) is -1.05. The highest BCUT2D eigenvalue weighted by molar-refractivity contribution is 6.76. The molecule has 4 nitrogen and oxygen atoms in total. The average molecular weight is 388 g/mol. The van der Waals surface area contributed by atoms with Gasteiger partial charge in [-0.25, -0.2) is 4.68 Å². The fourth-order valence-electron chi connectivity index (χ4n) is 3.16. The van der Waals surface area contributed by atoms with E-state index in [9.17, 15) is 0 Å². The van der Waals surface area contributed by atoms with Crippen molar-refractivity contribution in [2.75, 3.05) is 6.61 Å². The fraction of sp³-hybridized carbons (Fsp3) is 0.591. The molecule has 2 rings (SSSR count). The lowest BCUT2D eigenvalue weighted by molar-refractivity contribution is 0.0781. The Balaban J connectivity index is 1.88. The van der Waals surface area contributed by atoms with Gasteiger partial charge in [-0.15, -0.1) is 0 Å². The Hall–Kier alpha value is -1.43. The molecule has 2 N–H and O–H groups in total. The molecule has 0 aliphatic carbocycles. The summed E-state index contributed by atoms with van der Waals surface area (Å²) in [5, 5.41) is 4.77. The molecule has 0 aliphatic heterocycles. The maximum Gasteiger partial charge on any atom is 0.139 e. The van der Waals surface area contributed by atoms with Crippen molar-refractivity contribution in [2.24, 2.45) is 5.73 Å². The quantitative estimate of drug-likeness (QED) is 0.404. The molecule has 0 aliphatic rings. The third kappa shape index (κ3) is 7.99. The molecule has 0 spiro atoms. The lowest BCUT2D eigenvalue weighted by Gasteiger charge is -2.15. The van der Waals surface area contributed by atoms with Crippen LogP contribution in [0.1, 0.15) is 49.0 Å². The number of nitrogens with two attached hydrogens (primary N) is 1. The zero-order valence-electron chi connectivity index (χ0n) is 17.6. The summed E-state index contributed by atoms with van der Waals surface area (Å²) in [5.74, 6) is 0. The SMILES string of the molecule is CCCc1cn(COCC[Si](C)(C)C)nc1C(N)CCCc1ccccc1. The van der Waals surface area contributed by atoms with Crippen LogP contribution in [-0.4, -0.2) is 24.5 Å². The number of benzene rings is 1. The first kappa shape index (κ1) is 21.9. The van der Waals surface area contributed by atoms with Gasteiger partial charge in [0.05, 0.1) is 5.69 Å². The molecule has 0 bridgehead atoms. The largest absolute Gasteiger partial charge is 0.360 e. The summed E-state index contributed by atoms with van der Waals surface area (Å²) < 4.78 is 7.79. The van der Waals surface area contributed by atoms with Crippen LogP contribution in [0.4, 0.5) is 0 Å². The Kier molecular flexibility index (Phi) is 8.73. The van der Waals surface area contributed by atoms with E-state index in [4.69, 9.17) is 15.6 Å². The third-order valence-electron chi connectivity index (χ3n) is 4.78. The van der Waals surface area contributed by atoms with Gasteiger partial charge in [-0.05, 0) is 42.9 Å². The second kappa shape index (κ2) is 10.8. The maximum absolute atomic E-state index is 6.50. The van der Waals surface area contributed by atoms with Crippen molar-refractivity contribution in [2.45, 2.75) is 77.5 Å². The predicted molar refractivity (Wildman–Crippen MR) is 117 cm³/mol. The van der Waals surface area contributed by atoms with E-state index in [1.54, 1.807) is 0 Å². The summed E-state index contributed by atoms with van der Waals surface area (Å²) in [5.41, 5.74) is 10.2. The van der Waals surface area contributed by atoms with E-state index in [0.29, 0.717) is 6.73 Å². The van der Waals surface area contributed by atoms with Gasteiger partial charge in [0.25, 0.3) is 0 Å². The molecule has 150 valence electrons. The Morgan fingerprint density at radius 1 is 1.15 bits per heavy atom. The molecule has 1 atom stereocenters. The number of aryl methyl sites for hydroxylation is 2. The van der Waals surface area contributed by atoms with Crippen molar-refractivity contribution < 1.29 is 4.74 Å². The number of aromatic nitrogens is 2. The van der Waals surface area contributed by atoms with E-state index in [-0.39, 0.29) is 6.04 Å². The van der Waals surface area contributed by atoms with Crippen molar-refractivity contribution in [3.63, 3.8) is 0 Å². The van der Waals surface area contributed by atoms with Gasteiger partial charge < -0.3 is 10.5 Å². The van der Waals surface area contributed by atoms with Gasteiger partial charge in [0.1, 0.15) is 6.73 Å². The van der Waals surface area contributed by atoms with Crippen LogP contribution in [0.5, 0.6) is 0 Å². The van der Waals surface area contributed by atoms with E-state index in [1.807, 2.05) is 4.68 Å². The zero-order chi connectivity index (χ0) is 19.7. The maximum atomic E-state index is 6.50. The smallest absolute Gasteiger partial charge is 0.139 e. The molecule has 0 radical (unpaired) electrons. The highest BCUT2D eigenvalue weighted by Crippen LogP contribution is 2.21. The molecule has 0 saturated carbocycles. The zero-order valence-corrected chi connectivity index (χ0v) is 18.6. The van der Waals surface area contributed by atoms with E-state index in [0.717, 1.165) is 44.4 Å². The number of hydrogen-bond acceptors (Lipinski definition) is 3. The number of nitrogens with zero attached hydrogens (tertiary/aromatic N) is 2. The van der Waals surface area contributed by atoms with Crippen molar-refractivity contribution in [3.8, 4) is 0 Å². The minimum Gasteiger partial charge on any atom is -0.360 e. The summed E-state index contributed by atoms with van der Waals surface area (Å²) in [6.45, 7) is 10.7. The average Bonchev–Trinajstić information content (AvgIpc) is 3.02. The Morgan fingerprint density at radius 3 is 2.56 bits per heavy atom. The van der Waals surface area contributed by atoms with Crippen molar-refractivity contribution in [1.82, 2.24) is 9.78 Å². The number of rotatable bonds is 12. The second-order valence-corrected chi connectivity index (χ2v) is 14.3. The lowest BCUT2D eigenvalue weighted by Crippen LogP contribution is -2.22. The molecule has 2 aromatic rings. The predicted octanol–water partition coefficient (Wildman–Crippen LogP) is 5.17. The number of ether oxygens (including phenoxy) is 1. The van der Waals surface area contributed by atoms with Gasteiger partial charge >= 0.3 is 0 Å². The molecule has 5 heteroatoms. The summed E-state index contributed by atoms with van der Waals surface area (Å²) in [4.78, 5) is 0. The molecule has 0 saturated heterocycles. The normalized spacial score (nSPS) is 13.1. The standard InChI is InChI=1S/C22H37N3OSi/c1-5-10-20-17-25(18-26-15-16-27(2,3)4)24-22(20)21(23)14-9-13-19-11-7-6-8-12-19/h6-8,11-12,17,21H,5,9-10,13-16,18,23H2,1-4H3. The van der Waals surface area contributed by atoms with Crippen LogP contribution in [0.25, 0.3) is 0 Å². The first-order valence-corrected chi connectivity index (χ1v) is 14.0. The van der Waals surface area contributed by atoms with Gasteiger partial charge in [-0.1, -0.05) is 63.3 Å². The molecule has 1 heterocycles. The first-order chi connectivity index (χ1) is 12.9. The molecule has 27 heavy (non-hydrogen) atoms. The van der Waals surface area contributed by atoms with Gasteiger partial charge in [-0.3, -0.25) is 0 Å². The molecule has 1 unspecified atom stereocenters. The van der Waals surface area contributed by atoms with E-state index in [2.05, 4.69) is 63.1 Å². The Bertz CT molecular complexity index is 664. The van der Waals surface area contributed by atoms with Crippen LogP contribution < -0.4 is 5.73 Å². The van der Waals surface area contributed by atoms with Crippen molar-refractivity contribution >= 4 is 8.07 Å².